The van der Waals surface area contributed by atoms with E-state index in [-0.39, 0.29) is 0 Å². The summed E-state index contributed by atoms with van der Waals surface area (Å²) in [5.74, 6) is -0.553. The minimum Gasteiger partial charge on any atom is -0.268 e. The van der Waals surface area contributed by atoms with Crippen LogP contribution >= 0.6 is 22.6 Å². The molecule has 0 saturated carbocycles. The van der Waals surface area contributed by atoms with Gasteiger partial charge >= 0.3 is 0 Å². The lowest BCUT2D eigenvalue weighted by Gasteiger charge is -2.15. The van der Waals surface area contributed by atoms with Crippen molar-refractivity contribution in [1.29, 1.82) is 0 Å². The highest BCUT2D eigenvalue weighted by Crippen LogP contribution is 2.16. The summed E-state index contributed by atoms with van der Waals surface area (Å²) < 4.78 is 26.0. The number of carbonyl (C=O) groups is 1. The summed E-state index contributed by atoms with van der Waals surface area (Å²) >= 11 is 2.01. The fraction of sp³-hybridized carbons (Fsp3) is 0.0625. The SMILES string of the molecule is CN(C(=O)c1ccccc1I)S(=O)(=O)/C=C/c1ccccc1. The maximum atomic E-state index is 12.3. The molecule has 0 atom stereocenters. The molecular formula is C16H14INO3S. The van der Waals surface area contributed by atoms with Gasteiger partial charge < -0.3 is 0 Å². The molecule has 0 aliphatic carbocycles. The highest BCUT2D eigenvalue weighted by Gasteiger charge is 2.23. The van der Waals surface area contributed by atoms with Crippen LogP contribution in [0.5, 0.6) is 0 Å². The molecule has 0 saturated heterocycles. The van der Waals surface area contributed by atoms with Crippen molar-refractivity contribution in [3.8, 4) is 0 Å². The van der Waals surface area contributed by atoms with Gasteiger partial charge in [-0.2, -0.15) is 0 Å². The Balaban J connectivity index is 2.24. The van der Waals surface area contributed by atoms with Crippen molar-refractivity contribution < 1.29 is 13.2 Å². The second kappa shape index (κ2) is 7.06. The standard InChI is InChI=1S/C16H14INO3S/c1-18(16(19)14-9-5-6-10-15(14)17)22(20,21)12-11-13-7-3-2-4-8-13/h2-12H,1H3/b12-11+. The molecule has 0 heterocycles. The van der Waals surface area contributed by atoms with E-state index in [9.17, 15) is 13.2 Å². The monoisotopic (exact) mass is 427 g/mol. The maximum Gasteiger partial charge on any atom is 0.268 e. The van der Waals surface area contributed by atoms with E-state index in [0.717, 1.165) is 15.3 Å². The van der Waals surface area contributed by atoms with Gasteiger partial charge in [0.25, 0.3) is 15.9 Å². The van der Waals surface area contributed by atoms with Gasteiger partial charge in [-0.25, -0.2) is 12.7 Å². The Labute approximate surface area is 143 Å². The first kappa shape index (κ1) is 16.7. The van der Waals surface area contributed by atoms with Gasteiger partial charge in [0, 0.05) is 10.6 Å². The minimum atomic E-state index is -3.82. The van der Waals surface area contributed by atoms with Crippen LogP contribution in [0.25, 0.3) is 6.08 Å². The van der Waals surface area contributed by atoms with Gasteiger partial charge in [0.1, 0.15) is 0 Å². The van der Waals surface area contributed by atoms with Crippen LogP contribution in [0, 0.1) is 3.57 Å². The summed E-state index contributed by atoms with van der Waals surface area (Å²) in [5, 5.41) is 1.04. The molecule has 0 spiro atoms. The third kappa shape index (κ3) is 3.95. The molecule has 0 aromatic heterocycles. The number of hydrogen-bond donors (Lipinski definition) is 0. The number of hydrogen-bond acceptors (Lipinski definition) is 3. The number of amides is 1. The van der Waals surface area contributed by atoms with Crippen LogP contribution < -0.4 is 0 Å². The summed E-state index contributed by atoms with van der Waals surface area (Å²) in [4.78, 5) is 12.3. The fourth-order valence-corrected chi connectivity index (χ4v) is 3.20. The Hall–Kier alpha value is -1.67. The zero-order valence-corrected chi connectivity index (χ0v) is 14.8. The largest absolute Gasteiger partial charge is 0.268 e. The third-order valence-corrected chi connectivity index (χ3v) is 5.35. The summed E-state index contributed by atoms with van der Waals surface area (Å²) in [6.07, 6.45) is 1.47. The molecule has 4 nitrogen and oxygen atoms in total. The van der Waals surface area contributed by atoms with Crippen molar-refractivity contribution in [1.82, 2.24) is 4.31 Å². The number of rotatable bonds is 4. The molecular weight excluding hydrogens is 413 g/mol. The van der Waals surface area contributed by atoms with E-state index >= 15 is 0 Å². The second-order valence-corrected chi connectivity index (χ2v) is 7.52. The van der Waals surface area contributed by atoms with Gasteiger partial charge in [-0.1, -0.05) is 42.5 Å². The number of halogens is 1. The number of benzene rings is 2. The predicted molar refractivity (Wildman–Crippen MR) is 95.6 cm³/mol. The first-order valence-electron chi connectivity index (χ1n) is 6.43. The number of carbonyl (C=O) groups excluding carboxylic acids is 1. The van der Waals surface area contributed by atoms with E-state index in [2.05, 4.69) is 0 Å². The van der Waals surface area contributed by atoms with E-state index in [1.807, 2.05) is 40.8 Å². The number of sulfonamides is 1. The predicted octanol–water partition coefficient (Wildman–Crippen LogP) is 3.36. The van der Waals surface area contributed by atoms with Gasteiger partial charge in [-0.3, -0.25) is 4.79 Å². The van der Waals surface area contributed by atoms with E-state index in [1.165, 1.54) is 13.1 Å². The normalized spacial score (nSPS) is 11.5. The molecule has 2 aromatic carbocycles. The Kier molecular flexibility index (Phi) is 5.36. The molecule has 0 unspecified atom stereocenters. The summed E-state index contributed by atoms with van der Waals surface area (Å²) in [6.45, 7) is 0. The van der Waals surface area contributed by atoms with Gasteiger partial charge in [0.15, 0.2) is 0 Å². The zero-order chi connectivity index (χ0) is 16.2. The van der Waals surface area contributed by atoms with Gasteiger partial charge in [-0.15, -0.1) is 0 Å². The van der Waals surface area contributed by atoms with Crippen LogP contribution in [0.3, 0.4) is 0 Å². The Morgan fingerprint density at radius 2 is 1.64 bits per heavy atom. The first-order valence-corrected chi connectivity index (χ1v) is 9.01. The van der Waals surface area contributed by atoms with E-state index in [0.29, 0.717) is 9.13 Å². The molecule has 22 heavy (non-hydrogen) atoms. The van der Waals surface area contributed by atoms with Gasteiger partial charge in [0.05, 0.1) is 11.0 Å². The van der Waals surface area contributed by atoms with Gasteiger partial charge in [0.2, 0.25) is 0 Å². The molecule has 0 N–H and O–H groups in total. The molecule has 0 fully saturated rings. The van der Waals surface area contributed by atoms with Crippen molar-refractivity contribution in [2.75, 3.05) is 7.05 Å². The Bertz CT molecular complexity index is 801. The van der Waals surface area contributed by atoms with Crippen LogP contribution in [-0.4, -0.2) is 25.7 Å². The molecule has 2 rings (SSSR count). The lowest BCUT2D eigenvalue weighted by molar-refractivity contribution is 0.0883. The van der Waals surface area contributed by atoms with Crippen LogP contribution in [-0.2, 0) is 10.0 Å². The average Bonchev–Trinajstić information content (AvgIpc) is 2.53. The second-order valence-electron chi connectivity index (χ2n) is 4.51. The molecule has 6 heteroatoms. The quantitative estimate of drug-likeness (QED) is 0.704. The van der Waals surface area contributed by atoms with Crippen LogP contribution in [0.4, 0.5) is 0 Å². The molecule has 0 bridgehead atoms. The zero-order valence-electron chi connectivity index (χ0n) is 11.8. The third-order valence-electron chi connectivity index (χ3n) is 3.00. The maximum absolute atomic E-state index is 12.3. The highest BCUT2D eigenvalue weighted by molar-refractivity contribution is 14.1. The first-order chi connectivity index (χ1) is 10.4. The fourth-order valence-electron chi connectivity index (χ4n) is 1.74. The Morgan fingerprint density at radius 1 is 1.05 bits per heavy atom. The molecule has 1 amide bonds. The molecule has 114 valence electrons. The van der Waals surface area contributed by atoms with Gasteiger partial charge in [-0.05, 0) is 46.4 Å². The lowest BCUT2D eigenvalue weighted by Crippen LogP contribution is -2.32. The number of nitrogens with zero attached hydrogens (tertiary/aromatic N) is 1. The van der Waals surface area contributed by atoms with Crippen LogP contribution in [0.1, 0.15) is 15.9 Å². The van der Waals surface area contributed by atoms with E-state index < -0.39 is 15.9 Å². The molecule has 2 aromatic rings. The molecule has 0 aliphatic heterocycles. The summed E-state index contributed by atoms with van der Waals surface area (Å²) in [7, 11) is -2.56. The summed E-state index contributed by atoms with van der Waals surface area (Å²) in [5.41, 5.74) is 1.11. The summed E-state index contributed by atoms with van der Waals surface area (Å²) in [6, 6.07) is 15.9. The average molecular weight is 427 g/mol. The highest BCUT2D eigenvalue weighted by atomic mass is 127. The van der Waals surface area contributed by atoms with Crippen molar-refractivity contribution in [3.05, 3.63) is 74.7 Å². The van der Waals surface area contributed by atoms with Crippen molar-refractivity contribution in [3.63, 3.8) is 0 Å². The van der Waals surface area contributed by atoms with Crippen molar-refractivity contribution in [2.45, 2.75) is 0 Å². The topological polar surface area (TPSA) is 54.5 Å². The van der Waals surface area contributed by atoms with Crippen LogP contribution in [0.2, 0.25) is 0 Å². The molecule has 0 radical (unpaired) electrons. The lowest BCUT2D eigenvalue weighted by atomic mass is 10.2. The molecule has 0 aliphatic rings. The minimum absolute atomic E-state index is 0.363. The Morgan fingerprint density at radius 3 is 2.27 bits per heavy atom. The van der Waals surface area contributed by atoms with E-state index in [1.54, 1.807) is 36.4 Å². The smallest absolute Gasteiger partial charge is 0.268 e. The van der Waals surface area contributed by atoms with Crippen molar-refractivity contribution >= 4 is 44.6 Å². The van der Waals surface area contributed by atoms with Crippen LogP contribution in [0.15, 0.2) is 60.0 Å². The van der Waals surface area contributed by atoms with Crippen molar-refractivity contribution in [2.24, 2.45) is 0 Å². The van der Waals surface area contributed by atoms with E-state index in [4.69, 9.17) is 0 Å².